The zero-order valence-corrected chi connectivity index (χ0v) is 13.4. The minimum atomic E-state index is 0.174. The van der Waals surface area contributed by atoms with Crippen LogP contribution in [0.3, 0.4) is 0 Å². The SMILES string of the molecule is CCC(N)Cc1cc(C)ccc1Oc1ccc(C)cc1C. The van der Waals surface area contributed by atoms with Gasteiger partial charge in [-0.05, 0) is 56.9 Å². The molecule has 0 aliphatic rings. The fraction of sp³-hybridized carbons (Fsp3) is 0.368. The Balaban J connectivity index is 2.30. The quantitative estimate of drug-likeness (QED) is 0.864. The molecule has 0 aliphatic heterocycles. The molecule has 0 aromatic heterocycles. The maximum absolute atomic E-state index is 6.14. The van der Waals surface area contributed by atoms with Crippen LogP contribution in [0.5, 0.6) is 11.5 Å². The van der Waals surface area contributed by atoms with Crippen molar-refractivity contribution in [2.75, 3.05) is 0 Å². The normalized spacial score (nSPS) is 12.2. The molecule has 2 aromatic carbocycles. The van der Waals surface area contributed by atoms with Crippen molar-refractivity contribution in [1.82, 2.24) is 0 Å². The summed E-state index contributed by atoms with van der Waals surface area (Å²) >= 11 is 0. The highest BCUT2D eigenvalue weighted by Gasteiger charge is 2.10. The number of nitrogens with two attached hydrogens (primary N) is 1. The number of benzene rings is 2. The summed E-state index contributed by atoms with van der Waals surface area (Å²) in [6.07, 6.45) is 1.81. The Labute approximate surface area is 127 Å². The highest BCUT2D eigenvalue weighted by atomic mass is 16.5. The molecule has 0 bridgehead atoms. The monoisotopic (exact) mass is 283 g/mol. The molecule has 0 saturated heterocycles. The van der Waals surface area contributed by atoms with Crippen molar-refractivity contribution in [1.29, 1.82) is 0 Å². The van der Waals surface area contributed by atoms with Crippen molar-refractivity contribution in [2.45, 2.75) is 46.6 Å². The molecule has 21 heavy (non-hydrogen) atoms. The van der Waals surface area contributed by atoms with Gasteiger partial charge in [0.2, 0.25) is 0 Å². The summed E-state index contributed by atoms with van der Waals surface area (Å²) in [6, 6.07) is 12.7. The largest absolute Gasteiger partial charge is 0.457 e. The van der Waals surface area contributed by atoms with Gasteiger partial charge in [0.15, 0.2) is 0 Å². The van der Waals surface area contributed by atoms with Crippen LogP contribution in [0.15, 0.2) is 36.4 Å². The van der Waals surface area contributed by atoms with Gasteiger partial charge in [0.25, 0.3) is 0 Å². The molecule has 0 radical (unpaired) electrons. The van der Waals surface area contributed by atoms with E-state index in [0.717, 1.165) is 29.9 Å². The minimum absolute atomic E-state index is 0.174. The van der Waals surface area contributed by atoms with E-state index in [1.165, 1.54) is 16.7 Å². The third-order valence-electron chi connectivity index (χ3n) is 3.77. The lowest BCUT2D eigenvalue weighted by atomic mass is 10.0. The van der Waals surface area contributed by atoms with Gasteiger partial charge in [-0.2, -0.15) is 0 Å². The molecule has 0 amide bonds. The molecule has 2 aromatic rings. The highest BCUT2D eigenvalue weighted by Crippen LogP contribution is 2.30. The van der Waals surface area contributed by atoms with E-state index in [0.29, 0.717) is 0 Å². The first kappa shape index (κ1) is 15.6. The van der Waals surface area contributed by atoms with Crippen LogP contribution in [0.25, 0.3) is 0 Å². The third-order valence-corrected chi connectivity index (χ3v) is 3.77. The summed E-state index contributed by atoms with van der Waals surface area (Å²) < 4.78 is 6.14. The Morgan fingerprint density at radius 3 is 2.19 bits per heavy atom. The predicted molar refractivity (Wildman–Crippen MR) is 89.1 cm³/mol. The molecule has 0 heterocycles. The van der Waals surface area contributed by atoms with Crippen LogP contribution in [0.4, 0.5) is 0 Å². The lowest BCUT2D eigenvalue weighted by molar-refractivity contribution is 0.468. The highest BCUT2D eigenvalue weighted by molar-refractivity contribution is 5.43. The maximum Gasteiger partial charge on any atom is 0.130 e. The summed E-state index contributed by atoms with van der Waals surface area (Å²) in [5.74, 6) is 1.83. The van der Waals surface area contributed by atoms with E-state index < -0.39 is 0 Å². The van der Waals surface area contributed by atoms with E-state index in [1.807, 2.05) is 12.1 Å². The van der Waals surface area contributed by atoms with Gasteiger partial charge in [-0.3, -0.25) is 0 Å². The number of ether oxygens (including phenoxy) is 1. The van der Waals surface area contributed by atoms with Crippen molar-refractivity contribution in [3.63, 3.8) is 0 Å². The summed E-state index contributed by atoms with van der Waals surface area (Å²) in [5, 5.41) is 0. The van der Waals surface area contributed by atoms with Gasteiger partial charge >= 0.3 is 0 Å². The summed E-state index contributed by atoms with van der Waals surface area (Å²) in [5.41, 5.74) is 10.9. The van der Waals surface area contributed by atoms with Gasteiger partial charge in [-0.1, -0.05) is 42.3 Å². The minimum Gasteiger partial charge on any atom is -0.457 e. The standard InChI is InChI=1S/C19H25NO/c1-5-17(20)12-16-11-14(3)7-9-19(16)21-18-8-6-13(2)10-15(18)4/h6-11,17H,5,12,20H2,1-4H3. The van der Waals surface area contributed by atoms with E-state index in [-0.39, 0.29) is 6.04 Å². The number of hydrogen-bond donors (Lipinski definition) is 1. The molecule has 0 spiro atoms. The van der Waals surface area contributed by atoms with E-state index >= 15 is 0 Å². The second-order valence-electron chi connectivity index (χ2n) is 5.85. The number of aryl methyl sites for hydroxylation is 3. The summed E-state index contributed by atoms with van der Waals surface area (Å²) in [4.78, 5) is 0. The predicted octanol–water partition coefficient (Wildman–Crippen LogP) is 4.68. The van der Waals surface area contributed by atoms with E-state index in [9.17, 15) is 0 Å². The van der Waals surface area contributed by atoms with E-state index in [1.54, 1.807) is 0 Å². The van der Waals surface area contributed by atoms with Crippen LogP contribution in [0.2, 0.25) is 0 Å². The summed E-state index contributed by atoms with van der Waals surface area (Å²) in [7, 11) is 0. The van der Waals surface area contributed by atoms with Crippen LogP contribution in [0, 0.1) is 20.8 Å². The first-order valence-electron chi connectivity index (χ1n) is 7.59. The van der Waals surface area contributed by atoms with Gasteiger partial charge in [0.05, 0.1) is 0 Å². The van der Waals surface area contributed by atoms with Gasteiger partial charge in [-0.25, -0.2) is 0 Å². The Morgan fingerprint density at radius 2 is 1.57 bits per heavy atom. The van der Waals surface area contributed by atoms with Crippen LogP contribution in [-0.4, -0.2) is 6.04 Å². The molecule has 112 valence electrons. The zero-order chi connectivity index (χ0) is 15.4. The third kappa shape index (κ3) is 4.08. The van der Waals surface area contributed by atoms with Crippen LogP contribution in [-0.2, 0) is 6.42 Å². The molecular weight excluding hydrogens is 258 g/mol. The van der Waals surface area contributed by atoms with Crippen molar-refractivity contribution in [3.05, 3.63) is 58.7 Å². The van der Waals surface area contributed by atoms with Crippen molar-refractivity contribution < 1.29 is 4.74 Å². The van der Waals surface area contributed by atoms with Crippen LogP contribution in [0.1, 0.15) is 35.6 Å². The van der Waals surface area contributed by atoms with Gasteiger partial charge < -0.3 is 10.5 Å². The second kappa shape index (κ2) is 6.77. The molecule has 1 atom stereocenters. The topological polar surface area (TPSA) is 35.2 Å². The lowest BCUT2D eigenvalue weighted by Gasteiger charge is -2.16. The maximum atomic E-state index is 6.14. The van der Waals surface area contributed by atoms with E-state index in [2.05, 4.69) is 52.0 Å². The molecule has 2 N–H and O–H groups in total. The molecule has 2 heteroatoms. The average molecular weight is 283 g/mol. The van der Waals surface area contributed by atoms with Crippen molar-refractivity contribution in [2.24, 2.45) is 5.73 Å². The second-order valence-corrected chi connectivity index (χ2v) is 5.85. The number of hydrogen-bond acceptors (Lipinski definition) is 2. The van der Waals surface area contributed by atoms with Gasteiger partial charge in [0, 0.05) is 6.04 Å². The first-order chi connectivity index (χ1) is 9.99. The molecule has 2 rings (SSSR count). The van der Waals surface area contributed by atoms with E-state index in [4.69, 9.17) is 10.5 Å². The molecule has 0 aliphatic carbocycles. The fourth-order valence-electron chi connectivity index (χ4n) is 2.43. The Hall–Kier alpha value is -1.80. The van der Waals surface area contributed by atoms with Gasteiger partial charge in [-0.15, -0.1) is 0 Å². The molecule has 0 saturated carbocycles. The zero-order valence-electron chi connectivity index (χ0n) is 13.4. The number of rotatable bonds is 5. The van der Waals surface area contributed by atoms with Crippen molar-refractivity contribution in [3.8, 4) is 11.5 Å². The van der Waals surface area contributed by atoms with Crippen molar-refractivity contribution >= 4 is 0 Å². The van der Waals surface area contributed by atoms with Crippen LogP contribution < -0.4 is 10.5 Å². The summed E-state index contributed by atoms with van der Waals surface area (Å²) in [6.45, 7) is 8.38. The van der Waals surface area contributed by atoms with Crippen LogP contribution >= 0.6 is 0 Å². The molecular formula is C19H25NO. The molecule has 0 fully saturated rings. The molecule has 2 nitrogen and oxygen atoms in total. The Bertz CT molecular complexity index is 619. The lowest BCUT2D eigenvalue weighted by Crippen LogP contribution is -2.21. The van der Waals surface area contributed by atoms with Gasteiger partial charge in [0.1, 0.15) is 11.5 Å². The Morgan fingerprint density at radius 1 is 0.952 bits per heavy atom. The average Bonchev–Trinajstić information content (AvgIpc) is 2.44. The first-order valence-corrected chi connectivity index (χ1v) is 7.59. The fourth-order valence-corrected chi connectivity index (χ4v) is 2.43. The smallest absolute Gasteiger partial charge is 0.130 e. The Kier molecular flexibility index (Phi) is 5.03. The molecule has 1 unspecified atom stereocenters.